The predicted molar refractivity (Wildman–Crippen MR) is 132 cm³/mol. The summed E-state index contributed by atoms with van der Waals surface area (Å²) in [5.74, 6) is 0.0562. The molecule has 1 aromatic heterocycles. The fourth-order valence-electron chi connectivity index (χ4n) is 4.56. The summed E-state index contributed by atoms with van der Waals surface area (Å²) in [5, 5.41) is 2.78. The van der Waals surface area contributed by atoms with Gasteiger partial charge in [0.2, 0.25) is 0 Å². The number of hydrogen-bond acceptors (Lipinski definition) is 7. The van der Waals surface area contributed by atoms with Crippen molar-refractivity contribution in [3.8, 4) is 5.75 Å². The maximum atomic E-state index is 13.4. The minimum Gasteiger partial charge on any atom is -0.486 e. The summed E-state index contributed by atoms with van der Waals surface area (Å²) in [4.78, 5) is 34.8. The van der Waals surface area contributed by atoms with Crippen LogP contribution in [-0.2, 0) is 25.5 Å². The molecule has 1 amide bonds. The van der Waals surface area contributed by atoms with E-state index in [2.05, 4.69) is 15.3 Å². The molecule has 8 heteroatoms. The summed E-state index contributed by atoms with van der Waals surface area (Å²) < 4.78 is 18.0. The number of anilines is 1. The molecule has 3 unspecified atom stereocenters. The maximum absolute atomic E-state index is 13.4. The standard InChI is InChI=1S/C28H25N3O5/c1-18-29-16-20(17-30-18)31-26(32)24-22-13-14-28(36-22,25(24)27(33)34-2)23(15-19-9-5-3-6-10-19)35-21-11-7-4-8-12-21/h3-14,16-17,22-23H,15H2,1-2H3,(H,31,32). The van der Waals surface area contributed by atoms with Gasteiger partial charge in [-0.25, -0.2) is 14.8 Å². The van der Waals surface area contributed by atoms with Crippen molar-refractivity contribution in [2.24, 2.45) is 0 Å². The average molecular weight is 484 g/mol. The third-order valence-corrected chi connectivity index (χ3v) is 6.22. The Labute approximate surface area is 208 Å². The molecule has 3 heterocycles. The Kier molecular flexibility index (Phi) is 6.35. The first-order valence-electron chi connectivity index (χ1n) is 11.6. The Balaban J connectivity index is 1.56. The third kappa shape index (κ3) is 4.38. The van der Waals surface area contributed by atoms with E-state index >= 15 is 0 Å². The summed E-state index contributed by atoms with van der Waals surface area (Å²) in [6.45, 7) is 1.75. The summed E-state index contributed by atoms with van der Waals surface area (Å²) in [6, 6.07) is 19.1. The number of fused-ring (bicyclic) bond motifs is 2. The van der Waals surface area contributed by atoms with Crippen LogP contribution in [0.2, 0.25) is 0 Å². The maximum Gasteiger partial charge on any atom is 0.337 e. The Bertz CT molecular complexity index is 1280. The van der Waals surface area contributed by atoms with Gasteiger partial charge in [-0.15, -0.1) is 0 Å². The van der Waals surface area contributed by atoms with Gasteiger partial charge in [0.05, 0.1) is 36.3 Å². The largest absolute Gasteiger partial charge is 0.486 e. The van der Waals surface area contributed by atoms with E-state index < -0.39 is 29.7 Å². The van der Waals surface area contributed by atoms with Crippen molar-refractivity contribution in [1.82, 2.24) is 9.97 Å². The highest BCUT2D eigenvalue weighted by Gasteiger charge is 2.59. The molecule has 182 valence electrons. The molecule has 36 heavy (non-hydrogen) atoms. The number of hydrogen-bond donors (Lipinski definition) is 1. The van der Waals surface area contributed by atoms with Gasteiger partial charge in [-0.1, -0.05) is 54.6 Å². The highest BCUT2D eigenvalue weighted by molar-refractivity contribution is 6.12. The molecule has 3 aromatic rings. The predicted octanol–water partition coefficient (Wildman–Crippen LogP) is 3.59. The van der Waals surface area contributed by atoms with E-state index in [1.54, 1.807) is 19.1 Å². The Morgan fingerprint density at radius 1 is 1.06 bits per heavy atom. The van der Waals surface area contributed by atoms with Gasteiger partial charge < -0.3 is 19.5 Å². The van der Waals surface area contributed by atoms with Crippen LogP contribution < -0.4 is 10.1 Å². The molecule has 1 N–H and O–H groups in total. The van der Waals surface area contributed by atoms with Crippen LogP contribution in [0, 0.1) is 6.92 Å². The Morgan fingerprint density at radius 3 is 2.39 bits per heavy atom. The second kappa shape index (κ2) is 9.75. The molecule has 2 aliphatic heterocycles. The lowest BCUT2D eigenvalue weighted by Gasteiger charge is -2.34. The summed E-state index contributed by atoms with van der Waals surface area (Å²) in [7, 11) is 1.28. The number of para-hydroxylation sites is 1. The minimum atomic E-state index is -1.32. The SMILES string of the molecule is COC(=O)C1=C(C(=O)Nc2cnc(C)nc2)C2C=CC1(C(Cc1ccccc1)Oc1ccccc1)O2. The molecule has 0 aliphatic carbocycles. The van der Waals surface area contributed by atoms with Crippen molar-refractivity contribution in [3.63, 3.8) is 0 Å². The van der Waals surface area contributed by atoms with Gasteiger partial charge in [0, 0.05) is 6.42 Å². The van der Waals surface area contributed by atoms with Crippen LogP contribution in [-0.4, -0.2) is 46.8 Å². The van der Waals surface area contributed by atoms with Crippen molar-refractivity contribution < 1.29 is 23.8 Å². The number of esters is 1. The first kappa shape index (κ1) is 23.4. The number of ether oxygens (including phenoxy) is 3. The quantitative estimate of drug-likeness (QED) is 0.386. The first-order valence-corrected chi connectivity index (χ1v) is 11.6. The van der Waals surface area contributed by atoms with E-state index in [-0.39, 0.29) is 11.1 Å². The molecule has 0 saturated heterocycles. The van der Waals surface area contributed by atoms with E-state index in [0.717, 1.165) is 5.56 Å². The monoisotopic (exact) mass is 483 g/mol. The first-order chi connectivity index (χ1) is 17.5. The average Bonchev–Trinajstić information content (AvgIpc) is 3.49. The zero-order chi connectivity index (χ0) is 25.1. The number of aromatic nitrogens is 2. The number of nitrogens with zero attached hydrogens (tertiary/aromatic N) is 2. The van der Waals surface area contributed by atoms with Gasteiger partial charge in [-0.2, -0.15) is 0 Å². The number of amides is 1. The fourth-order valence-corrected chi connectivity index (χ4v) is 4.56. The molecule has 2 aromatic carbocycles. The fraction of sp³-hybridized carbons (Fsp3) is 0.214. The van der Waals surface area contributed by atoms with E-state index in [4.69, 9.17) is 14.2 Å². The third-order valence-electron chi connectivity index (χ3n) is 6.22. The molecular weight excluding hydrogens is 458 g/mol. The highest BCUT2D eigenvalue weighted by atomic mass is 16.6. The lowest BCUT2D eigenvalue weighted by atomic mass is 9.80. The van der Waals surface area contributed by atoms with Gasteiger partial charge in [-0.3, -0.25) is 4.79 Å². The molecule has 0 radical (unpaired) electrons. The van der Waals surface area contributed by atoms with Crippen LogP contribution in [0.4, 0.5) is 5.69 Å². The minimum absolute atomic E-state index is 0.125. The second-order valence-corrected chi connectivity index (χ2v) is 8.55. The molecule has 3 atom stereocenters. The number of rotatable bonds is 8. The Hall–Kier alpha value is -4.30. The van der Waals surface area contributed by atoms with Crippen molar-refractivity contribution in [1.29, 1.82) is 0 Å². The van der Waals surface area contributed by atoms with Gasteiger partial charge in [0.15, 0.2) is 5.60 Å². The van der Waals surface area contributed by atoms with Crippen LogP contribution in [0.1, 0.15) is 11.4 Å². The van der Waals surface area contributed by atoms with Crippen molar-refractivity contribution in [2.45, 2.75) is 31.2 Å². The number of nitrogens with one attached hydrogen (secondary N) is 1. The summed E-state index contributed by atoms with van der Waals surface area (Å²) in [5.41, 5.74) is 0.385. The van der Waals surface area contributed by atoms with Gasteiger partial charge in [-0.05, 0) is 30.7 Å². The van der Waals surface area contributed by atoms with Crippen LogP contribution in [0.3, 0.4) is 0 Å². The van der Waals surface area contributed by atoms with E-state index in [9.17, 15) is 9.59 Å². The van der Waals surface area contributed by atoms with Crippen molar-refractivity contribution in [2.75, 3.05) is 12.4 Å². The van der Waals surface area contributed by atoms with Crippen LogP contribution in [0.15, 0.2) is 96.4 Å². The summed E-state index contributed by atoms with van der Waals surface area (Å²) in [6.07, 6.45) is 5.62. The lowest BCUT2D eigenvalue weighted by Crippen LogP contribution is -2.48. The zero-order valence-corrected chi connectivity index (χ0v) is 19.9. The van der Waals surface area contributed by atoms with Gasteiger partial charge in [0.25, 0.3) is 5.91 Å². The molecule has 0 spiro atoms. The molecule has 8 nitrogen and oxygen atoms in total. The molecule has 2 bridgehead atoms. The Morgan fingerprint density at radius 2 is 1.72 bits per heavy atom. The van der Waals surface area contributed by atoms with Crippen LogP contribution in [0.5, 0.6) is 5.75 Å². The lowest BCUT2D eigenvalue weighted by molar-refractivity contribution is -0.139. The normalized spacial score (nSPS) is 20.8. The highest BCUT2D eigenvalue weighted by Crippen LogP contribution is 2.47. The molecular formula is C28H25N3O5. The molecule has 5 rings (SSSR count). The number of benzene rings is 2. The van der Waals surface area contributed by atoms with Gasteiger partial charge >= 0.3 is 5.97 Å². The van der Waals surface area contributed by atoms with E-state index in [1.807, 2.05) is 60.7 Å². The number of methoxy groups -OCH3 is 1. The van der Waals surface area contributed by atoms with Crippen LogP contribution >= 0.6 is 0 Å². The number of aryl methyl sites for hydroxylation is 1. The van der Waals surface area contributed by atoms with Crippen molar-refractivity contribution >= 4 is 17.6 Å². The second-order valence-electron chi connectivity index (χ2n) is 8.55. The van der Waals surface area contributed by atoms with E-state index in [1.165, 1.54) is 19.5 Å². The van der Waals surface area contributed by atoms with Gasteiger partial charge in [0.1, 0.15) is 23.8 Å². The molecule has 2 aliphatic rings. The van der Waals surface area contributed by atoms with Crippen molar-refractivity contribution in [3.05, 3.63) is 108 Å². The topological polar surface area (TPSA) is 99.6 Å². The zero-order valence-electron chi connectivity index (χ0n) is 19.9. The molecule has 0 saturated carbocycles. The summed E-state index contributed by atoms with van der Waals surface area (Å²) >= 11 is 0. The van der Waals surface area contributed by atoms with Crippen LogP contribution in [0.25, 0.3) is 0 Å². The van der Waals surface area contributed by atoms with E-state index in [0.29, 0.717) is 23.7 Å². The number of carbonyl (C=O) groups is 2. The number of carbonyl (C=O) groups excluding carboxylic acids is 2. The molecule has 0 fully saturated rings. The smallest absolute Gasteiger partial charge is 0.337 e.